The minimum Gasteiger partial charge on any atom is -0.311 e. The first-order valence-corrected chi connectivity index (χ1v) is 35.4. The van der Waals surface area contributed by atoms with Crippen LogP contribution >= 0.6 is 23.5 Å². The van der Waals surface area contributed by atoms with Gasteiger partial charge in [-0.05, 0) is 191 Å². The monoisotopic (exact) mass is 1350 g/mol. The molecule has 0 unspecified atom stereocenters. The zero-order valence-electron chi connectivity index (χ0n) is 55.5. The van der Waals surface area contributed by atoms with Crippen molar-refractivity contribution in [2.24, 2.45) is 0 Å². The lowest BCUT2D eigenvalue weighted by Crippen LogP contribution is -2.09. The Bertz CT molecular complexity index is 5070. The lowest BCUT2D eigenvalue weighted by atomic mass is 9.89. The number of aromatic nitrogens is 4. The molecule has 0 radical (unpaired) electrons. The molecule has 0 N–H and O–H groups in total. The van der Waals surface area contributed by atoms with E-state index in [2.05, 4.69) is 420 Å². The molecule has 0 fully saturated rings. The van der Waals surface area contributed by atoms with E-state index >= 15 is 0 Å². The van der Waals surface area contributed by atoms with Crippen molar-refractivity contribution in [2.45, 2.75) is 0 Å². The summed E-state index contributed by atoms with van der Waals surface area (Å²) in [6.07, 6.45) is 17.5. The lowest BCUT2D eigenvalue weighted by molar-refractivity contribution is 1.28. The molecule has 0 aliphatic rings. The summed E-state index contributed by atoms with van der Waals surface area (Å²) in [5.74, 6) is 0. The van der Waals surface area contributed by atoms with Gasteiger partial charge in [0.15, 0.2) is 0 Å². The number of hydrogen-bond acceptors (Lipinski definition) is 10. The number of hydrogen-bond donors (Lipinski definition) is 0. The summed E-state index contributed by atoms with van der Waals surface area (Å²) in [6.45, 7) is 0. The van der Waals surface area contributed by atoms with Crippen LogP contribution in [0.25, 0.3) is 81.8 Å². The number of para-hydroxylation sites is 8. The van der Waals surface area contributed by atoms with Crippen LogP contribution in [-0.2, 0) is 0 Å². The Morgan fingerprint density at radius 3 is 0.588 bits per heavy atom. The van der Waals surface area contributed by atoms with E-state index in [4.69, 9.17) is 17.5 Å². The zero-order chi connectivity index (χ0) is 68.2. The third-order valence-electron chi connectivity index (χ3n) is 18.0. The van der Waals surface area contributed by atoms with Crippen LogP contribution in [-0.4, -0.2) is 17.5 Å². The normalized spacial score (nSPS) is 11.6. The van der Waals surface area contributed by atoms with Crippen LogP contribution in [0.3, 0.4) is 0 Å². The van der Waals surface area contributed by atoms with Gasteiger partial charge in [0.2, 0.25) is 0 Å². The van der Waals surface area contributed by atoms with Crippen LogP contribution in [0.5, 0.6) is 0 Å². The topological polar surface area (TPSA) is 64.5 Å². The molecule has 0 aliphatic carbocycles. The van der Waals surface area contributed by atoms with Crippen molar-refractivity contribution in [1.82, 2.24) is 17.5 Å². The molecule has 2 heterocycles. The summed E-state index contributed by atoms with van der Waals surface area (Å²) in [4.78, 5) is 9.12. The van der Waals surface area contributed by atoms with Gasteiger partial charge in [-0.25, -0.2) is 0 Å². The first-order chi connectivity index (χ1) is 50.6. The van der Waals surface area contributed by atoms with Crippen LogP contribution < -0.4 is 19.6 Å². The minimum atomic E-state index is 0.793. The molecule has 16 aromatic rings. The molecule has 0 aliphatic heterocycles. The standard InChI is InChI=1S/C92H66N8S2/c1-9-25-73(26-10-1)97(74-27-11-2-12-28-74)81-55-43-67(44-56-81)41-53-71-65-87(85(91-89(71)93-101-95-91)63-51-69-47-59-83(60-48-69)99(77-33-17-5-18-34-77)78-35-19-6-20-36-78)88-66-72(54-42-68-45-57-82(58-46-68)98(75-29-13-3-14-30-75)76-31-15-4-16-32-76)90-92(96-102-94-90)86(88)64-52-70-49-61-84(62-50-70)100(79-37-21-7-22-38-79)80-39-23-8-24-40-80/h1-66H/b53-41+,54-42+,63-51+,64-52+. The fourth-order valence-electron chi connectivity index (χ4n) is 13.1. The Hall–Kier alpha value is -13.1. The largest absolute Gasteiger partial charge is 0.311 e. The Morgan fingerprint density at radius 2 is 0.373 bits per heavy atom. The highest BCUT2D eigenvalue weighted by Crippen LogP contribution is 2.44. The first-order valence-electron chi connectivity index (χ1n) is 33.9. The number of fused-ring (bicyclic) bond motifs is 2. The van der Waals surface area contributed by atoms with Gasteiger partial charge in [-0.2, -0.15) is 17.5 Å². The maximum Gasteiger partial charge on any atom is 0.113 e. The fraction of sp³-hybridized carbons (Fsp3) is 0. The molecule has 0 amide bonds. The molecule has 0 bridgehead atoms. The first kappa shape index (κ1) is 63.6. The van der Waals surface area contributed by atoms with Gasteiger partial charge < -0.3 is 19.6 Å². The number of nitrogens with zero attached hydrogens (tertiary/aromatic N) is 8. The van der Waals surface area contributed by atoms with Crippen LogP contribution in [0, 0.1) is 0 Å². The predicted molar refractivity (Wildman–Crippen MR) is 434 cm³/mol. The Kier molecular flexibility index (Phi) is 18.7. The highest BCUT2D eigenvalue weighted by molar-refractivity contribution is 7.00. The van der Waals surface area contributed by atoms with Gasteiger partial charge in [-0.1, -0.05) is 243 Å². The molecule has 10 heteroatoms. The van der Waals surface area contributed by atoms with Crippen molar-refractivity contribution < 1.29 is 0 Å². The summed E-state index contributed by atoms with van der Waals surface area (Å²) in [5.41, 5.74) is 25.8. The van der Waals surface area contributed by atoms with Crippen molar-refractivity contribution in [3.63, 3.8) is 0 Å². The molecular formula is C92H66N8S2. The fourth-order valence-corrected chi connectivity index (χ4v) is 14.2. The number of rotatable bonds is 21. The van der Waals surface area contributed by atoms with E-state index in [1.807, 2.05) is 0 Å². The van der Waals surface area contributed by atoms with Crippen LogP contribution in [0.2, 0.25) is 0 Å². The Morgan fingerprint density at radius 1 is 0.186 bits per heavy atom. The molecule has 0 atom stereocenters. The van der Waals surface area contributed by atoms with Crippen molar-refractivity contribution in [3.05, 3.63) is 396 Å². The van der Waals surface area contributed by atoms with Gasteiger partial charge in [-0.15, -0.1) is 0 Å². The summed E-state index contributed by atoms with van der Waals surface area (Å²) in [6, 6.07) is 124. The van der Waals surface area contributed by atoms with Crippen molar-refractivity contribution in [1.29, 1.82) is 0 Å². The molecule has 0 saturated carbocycles. The molecule has 2 aromatic heterocycles. The highest BCUT2D eigenvalue weighted by Gasteiger charge is 2.23. The van der Waals surface area contributed by atoms with Crippen LogP contribution in [0.4, 0.5) is 68.2 Å². The van der Waals surface area contributed by atoms with E-state index in [0.29, 0.717) is 0 Å². The third kappa shape index (κ3) is 13.9. The van der Waals surface area contributed by atoms with E-state index in [1.54, 1.807) is 0 Å². The molecule has 0 spiro atoms. The van der Waals surface area contributed by atoms with E-state index in [1.165, 1.54) is 23.5 Å². The molecule has 486 valence electrons. The third-order valence-corrected chi connectivity index (χ3v) is 19.1. The smallest absolute Gasteiger partial charge is 0.113 e. The summed E-state index contributed by atoms with van der Waals surface area (Å²) in [7, 11) is 0. The lowest BCUT2D eigenvalue weighted by Gasteiger charge is -2.25. The van der Waals surface area contributed by atoms with E-state index < -0.39 is 0 Å². The van der Waals surface area contributed by atoms with Crippen molar-refractivity contribution >= 4 is 162 Å². The molecular weight excluding hydrogens is 1280 g/mol. The average Bonchev–Trinajstić information content (AvgIpc) is 1.44. The number of anilines is 12. The number of benzene rings is 14. The molecule has 16 rings (SSSR count). The van der Waals surface area contributed by atoms with Crippen molar-refractivity contribution in [2.75, 3.05) is 19.6 Å². The van der Waals surface area contributed by atoms with Gasteiger partial charge in [0.25, 0.3) is 0 Å². The van der Waals surface area contributed by atoms with Crippen LogP contribution in [0.1, 0.15) is 44.5 Å². The van der Waals surface area contributed by atoms with Gasteiger partial charge in [0.05, 0.1) is 23.5 Å². The quantitative estimate of drug-likeness (QED) is 0.0660. The molecule has 0 saturated heterocycles. The molecule has 14 aromatic carbocycles. The maximum atomic E-state index is 5.19. The van der Waals surface area contributed by atoms with Crippen LogP contribution in [0.15, 0.2) is 352 Å². The average molecular weight is 1350 g/mol. The Balaban J connectivity index is 0.836. The Labute approximate surface area is 602 Å². The molecule has 8 nitrogen and oxygen atoms in total. The van der Waals surface area contributed by atoms with Gasteiger partial charge in [0, 0.05) is 90.5 Å². The predicted octanol–water partition coefficient (Wildman–Crippen LogP) is 25.9. The summed E-state index contributed by atoms with van der Waals surface area (Å²) in [5, 5.41) is 0. The van der Waals surface area contributed by atoms with E-state index in [9.17, 15) is 0 Å². The second kappa shape index (κ2) is 29.9. The second-order valence-electron chi connectivity index (χ2n) is 24.5. The highest BCUT2D eigenvalue weighted by atomic mass is 32.1. The minimum absolute atomic E-state index is 0.793. The summed E-state index contributed by atoms with van der Waals surface area (Å²) < 4.78 is 20.6. The second-order valence-corrected chi connectivity index (χ2v) is 25.6. The van der Waals surface area contributed by atoms with Crippen molar-refractivity contribution in [3.8, 4) is 11.1 Å². The SMILES string of the molecule is C(=C\c1cc(-c2cc(/C=C/c3ccc(N(c4ccccc4)c4ccccc4)cc3)c3nsnc3c2/C=C/c2ccc(N(c3ccccc3)c3ccccc3)cc2)c(/C=C/c2ccc(N(c3ccccc3)c3ccccc3)cc2)c2nsnc12)/c1ccc(N(c2ccccc2)c2ccccc2)cc1. The maximum absolute atomic E-state index is 5.19. The zero-order valence-corrected chi connectivity index (χ0v) is 57.1. The van der Waals surface area contributed by atoms with Gasteiger partial charge >= 0.3 is 0 Å². The molecule has 102 heavy (non-hydrogen) atoms. The van der Waals surface area contributed by atoms with Gasteiger partial charge in [0.1, 0.15) is 22.1 Å². The van der Waals surface area contributed by atoms with E-state index in [-0.39, 0.29) is 0 Å². The van der Waals surface area contributed by atoms with E-state index in [0.717, 1.165) is 146 Å². The summed E-state index contributed by atoms with van der Waals surface area (Å²) >= 11 is 2.45. The van der Waals surface area contributed by atoms with Gasteiger partial charge in [-0.3, -0.25) is 0 Å².